The highest BCUT2D eigenvalue weighted by atomic mass is 16.4. The van der Waals surface area contributed by atoms with Crippen molar-refractivity contribution in [2.75, 3.05) is 11.1 Å². The molecule has 1 rings (SSSR count). The number of nitrogen functional groups attached to an aromatic ring is 1. The Hall–Kier alpha value is -2.08. The molecule has 0 saturated carbocycles. The van der Waals surface area contributed by atoms with Crippen LogP contribution in [0.1, 0.15) is 24.8 Å². The summed E-state index contributed by atoms with van der Waals surface area (Å²) in [5, 5.41) is 11.1. The molecule has 1 amide bonds. The Morgan fingerprint density at radius 3 is 2.61 bits per heavy atom. The van der Waals surface area contributed by atoms with Crippen LogP contribution in [0.25, 0.3) is 0 Å². The van der Waals surface area contributed by atoms with Gasteiger partial charge in [0.15, 0.2) is 0 Å². The standard InChI is InChI=1S/C12H17N3O3/c13-7-8-6-9(4-5-10(8)14)15-11(16)2-1-3-12(17)18/h4-6H,1-3,7,13-14H2,(H,15,16)(H,17,18). The fraction of sp³-hybridized carbons (Fsp3) is 0.333. The number of carbonyl (C=O) groups is 2. The molecular weight excluding hydrogens is 234 g/mol. The average molecular weight is 251 g/mol. The summed E-state index contributed by atoms with van der Waals surface area (Å²) in [6.07, 6.45) is 0.484. The number of carbonyl (C=O) groups excluding carboxylic acids is 1. The van der Waals surface area contributed by atoms with Gasteiger partial charge in [-0.05, 0) is 30.2 Å². The maximum absolute atomic E-state index is 11.5. The summed E-state index contributed by atoms with van der Waals surface area (Å²) in [6, 6.07) is 5.07. The first-order valence-electron chi connectivity index (χ1n) is 5.63. The van der Waals surface area contributed by atoms with Gasteiger partial charge in [0.1, 0.15) is 0 Å². The predicted molar refractivity (Wildman–Crippen MR) is 68.9 cm³/mol. The Morgan fingerprint density at radius 2 is 2.00 bits per heavy atom. The number of nitrogens with one attached hydrogen (secondary N) is 1. The molecule has 0 unspecified atom stereocenters. The van der Waals surface area contributed by atoms with Crippen LogP contribution in [0.5, 0.6) is 0 Å². The van der Waals surface area contributed by atoms with Gasteiger partial charge in [0.25, 0.3) is 0 Å². The minimum Gasteiger partial charge on any atom is -0.481 e. The molecule has 18 heavy (non-hydrogen) atoms. The lowest BCUT2D eigenvalue weighted by molar-refractivity contribution is -0.137. The molecule has 98 valence electrons. The van der Waals surface area contributed by atoms with Gasteiger partial charge in [0, 0.05) is 30.8 Å². The van der Waals surface area contributed by atoms with Crippen molar-refractivity contribution in [1.82, 2.24) is 0 Å². The summed E-state index contributed by atoms with van der Waals surface area (Å²) in [5.41, 5.74) is 13.2. The summed E-state index contributed by atoms with van der Waals surface area (Å²) < 4.78 is 0. The van der Waals surface area contributed by atoms with Gasteiger partial charge < -0.3 is 21.9 Å². The molecule has 1 aromatic carbocycles. The maximum Gasteiger partial charge on any atom is 0.303 e. The van der Waals surface area contributed by atoms with Gasteiger partial charge in [-0.15, -0.1) is 0 Å². The quantitative estimate of drug-likeness (QED) is 0.560. The van der Waals surface area contributed by atoms with Crippen LogP contribution in [0.4, 0.5) is 11.4 Å². The molecule has 6 N–H and O–H groups in total. The number of aliphatic carboxylic acids is 1. The van der Waals surface area contributed by atoms with Crippen molar-refractivity contribution < 1.29 is 14.7 Å². The van der Waals surface area contributed by atoms with Crippen molar-refractivity contribution in [1.29, 1.82) is 0 Å². The lowest BCUT2D eigenvalue weighted by atomic mass is 10.1. The highest BCUT2D eigenvalue weighted by Gasteiger charge is 2.06. The van der Waals surface area contributed by atoms with E-state index in [4.69, 9.17) is 16.6 Å². The summed E-state index contributed by atoms with van der Waals surface area (Å²) in [7, 11) is 0. The Labute approximate surface area is 105 Å². The van der Waals surface area contributed by atoms with E-state index in [0.717, 1.165) is 5.56 Å². The number of amides is 1. The highest BCUT2D eigenvalue weighted by Crippen LogP contribution is 2.17. The second kappa shape index (κ2) is 6.61. The summed E-state index contributed by atoms with van der Waals surface area (Å²) >= 11 is 0. The first-order valence-corrected chi connectivity index (χ1v) is 5.63. The van der Waals surface area contributed by atoms with Gasteiger partial charge in [-0.3, -0.25) is 9.59 Å². The zero-order valence-corrected chi connectivity index (χ0v) is 9.98. The van der Waals surface area contributed by atoms with Crippen LogP contribution in [-0.2, 0) is 16.1 Å². The number of carboxylic acids is 1. The molecular formula is C12H17N3O3. The van der Waals surface area contributed by atoms with Crippen molar-refractivity contribution in [2.45, 2.75) is 25.8 Å². The third-order valence-electron chi connectivity index (χ3n) is 2.44. The van der Waals surface area contributed by atoms with Crippen LogP contribution in [-0.4, -0.2) is 17.0 Å². The number of hydrogen-bond donors (Lipinski definition) is 4. The molecule has 0 spiro atoms. The zero-order valence-electron chi connectivity index (χ0n) is 9.98. The molecule has 0 radical (unpaired) electrons. The number of nitrogens with two attached hydrogens (primary N) is 2. The number of anilines is 2. The Kier molecular flexibility index (Phi) is 5.13. The van der Waals surface area contributed by atoms with E-state index in [-0.39, 0.29) is 18.7 Å². The van der Waals surface area contributed by atoms with E-state index in [1.807, 2.05) is 0 Å². The smallest absolute Gasteiger partial charge is 0.303 e. The van der Waals surface area contributed by atoms with E-state index in [1.165, 1.54) is 0 Å². The van der Waals surface area contributed by atoms with Crippen molar-refractivity contribution in [3.63, 3.8) is 0 Å². The van der Waals surface area contributed by atoms with Crippen molar-refractivity contribution in [2.24, 2.45) is 5.73 Å². The van der Waals surface area contributed by atoms with Crippen LogP contribution in [0, 0.1) is 0 Å². The minimum absolute atomic E-state index is 0.0107. The molecule has 0 heterocycles. The second-order valence-electron chi connectivity index (χ2n) is 3.91. The van der Waals surface area contributed by atoms with E-state index in [1.54, 1.807) is 18.2 Å². The molecule has 0 aromatic heterocycles. The molecule has 0 aliphatic carbocycles. The van der Waals surface area contributed by atoms with Crippen LogP contribution in [0.3, 0.4) is 0 Å². The maximum atomic E-state index is 11.5. The average Bonchev–Trinajstić information content (AvgIpc) is 2.31. The molecule has 0 fully saturated rings. The van der Waals surface area contributed by atoms with Crippen LogP contribution >= 0.6 is 0 Å². The zero-order chi connectivity index (χ0) is 13.5. The van der Waals surface area contributed by atoms with Gasteiger partial charge in [-0.1, -0.05) is 0 Å². The molecule has 6 nitrogen and oxygen atoms in total. The van der Waals surface area contributed by atoms with Gasteiger partial charge >= 0.3 is 5.97 Å². The number of hydrogen-bond acceptors (Lipinski definition) is 4. The molecule has 0 atom stereocenters. The highest BCUT2D eigenvalue weighted by molar-refractivity contribution is 5.91. The Balaban J connectivity index is 2.51. The van der Waals surface area contributed by atoms with Gasteiger partial charge in [-0.2, -0.15) is 0 Å². The molecule has 1 aromatic rings. The molecule has 6 heteroatoms. The molecule has 0 saturated heterocycles. The summed E-state index contributed by atoms with van der Waals surface area (Å²) in [5.74, 6) is -1.12. The molecule has 0 aliphatic heterocycles. The molecule has 0 bridgehead atoms. The monoisotopic (exact) mass is 251 g/mol. The lowest BCUT2D eigenvalue weighted by Gasteiger charge is -2.08. The van der Waals surface area contributed by atoms with Crippen molar-refractivity contribution >= 4 is 23.3 Å². The van der Waals surface area contributed by atoms with Crippen molar-refractivity contribution in [3.8, 4) is 0 Å². The van der Waals surface area contributed by atoms with Gasteiger partial charge in [0.05, 0.1) is 0 Å². The SMILES string of the molecule is NCc1cc(NC(=O)CCCC(=O)O)ccc1N. The normalized spacial score (nSPS) is 10.1. The van der Waals surface area contributed by atoms with Gasteiger partial charge in [-0.25, -0.2) is 0 Å². The van der Waals surface area contributed by atoms with Crippen LogP contribution < -0.4 is 16.8 Å². The Bertz CT molecular complexity index is 446. The second-order valence-corrected chi connectivity index (χ2v) is 3.91. The largest absolute Gasteiger partial charge is 0.481 e. The lowest BCUT2D eigenvalue weighted by Crippen LogP contribution is -2.12. The van der Waals surface area contributed by atoms with E-state index in [0.29, 0.717) is 24.3 Å². The minimum atomic E-state index is -0.902. The fourth-order valence-electron chi connectivity index (χ4n) is 1.48. The first-order chi connectivity index (χ1) is 8.52. The Morgan fingerprint density at radius 1 is 1.28 bits per heavy atom. The van der Waals surface area contributed by atoms with Crippen molar-refractivity contribution in [3.05, 3.63) is 23.8 Å². The third-order valence-corrected chi connectivity index (χ3v) is 2.44. The van der Waals surface area contributed by atoms with E-state index < -0.39 is 5.97 Å². The summed E-state index contributed by atoms with van der Waals surface area (Å²) in [6.45, 7) is 0.300. The van der Waals surface area contributed by atoms with Crippen LogP contribution in [0.2, 0.25) is 0 Å². The fourth-order valence-corrected chi connectivity index (χ4v) is 1.48. The predicted octanol–water partition coefficient (Wildman–Crippen LogP) is 0.921. The van der Waals surface area contributed by atoms with Crippen LogP contribution in [0.15, 0.2) is 18.2 Å². The molecule has 0 aliphatic rings. The van der Waals surface area contributed by atoms with E-state index in [9.17, 15) is 9.59 Å². The number of benzene rings is 1. The first kappa shape index (κ1) is 14.0. The third kappa shape index (κ3) is 4.42. The topological polar surface area (TPSA) is 118 Å². The summed E-state index contributed by atoms with van der Waals surface area (Å²) in [4.78, 5) is 21.8. The number of carboxylic acid groups (broad SMARTS) is 1. The van der Waals surface area contributed by atoms with E-state index >= 15 is 0 Å². The number of rotatable bonds is 6. The van der Waals surface area contributed by atoms with Gasteiger partial charge in [0.2, 0.25) is 5.91 Å². The van der Waals surface area contributed by atoms with E-state index in [2.05, 4.69) is 5.32 Å².